The van der Waals surface area contributed by atoms with Gasteiger partial charge in [0.25, 0.3) is 0 Å². The van der Waals surface area contributed by atoms with E-state index < -0.39 is 0 Å². The molecule has 0 atom stereocenters. The molecule has 96 valence electrons. The Balaban J connectivity index is 2.15. The van der Waals surface area contributed by atoms with Crippen molar-refractivity contribution in [2.75, 3.05) is 11.9 Å². The first-order valence-corrected chi connectivity index (χ1v) is 7.44. The van der Waals surface area contributed by atoms with E-state index in [4.69, 9.17) is 5.26 Å². The molecule has 0 amide bonds. The number of nitrogens with zero attached hydrogens (tertiary/aromatic N) is 2. The van der Waals surface area contributed by atoms with Crippen molar-refractivity contribution in [3.8, 4) is 6.07 Å². The first-order chi connectivity index (χ1) is 8.72. The average Bonchev–Trinajstić information content (AvgIpc) is 2.66. The fraction of sp³-hybridized carbons (Fsp3) is 0.533. The molecule has 1 fully saturated rings. The lowest BCUT2D eigenvalue weighted by molar-refractivity contribution is 0.553. The predicted octanol–water partition coefficient (Wildman–Crippen LogP) is 4.48. The molecule has 2 nitrogen and oxygen atoms in total. The summed E-state index contributed by atoms with van der Waals surface area (Å²) in [6.07, 6.45) is 8.00. The van der Waals surface area contributed by atoms with Crippen LogP contribution in [-0.4, -0.2) is 13.1 Å². The summed E-state index contributed by atoms with van der Waals surface area (Å²) in [6, 6.07) is 8.84. The quantitative estimate of drug-likeness (QED) is 0.753. The van der Waals surface area contributed by atoms with Crippen LogP contribution in [0, 0.1) is 11.3 Å². The number of nitriles is 1. The van der Waals surface area contributed by atoms with E-state index in [0.717, 1.165) is 4.47 Å². The second-order valence-corrected chi connectivity index (χ2v) is 5.89. The number of hydrogen-bond donors (Lipinski definition) is 0. The number of rotatable bonds is 2. The van der Waals surface area contributed by atoms with Crippen molar-refractivity contribution in [3.63, 3.8) is 0 Å². The van der Waals surface area contributed by atoms with Gasteiger partial charge in [0, 0.05) is 23.2 Å². The van der Waals surface area contributed by atoms with Gasteiger partial charge in [-0.2, -0.15) is 5.26 Å². The Labute approximate surface area is 118 Å². The maximum Gasteiger partial charge on any atom is 0.100 e. The van der Waals surface area contributed by atoms with Crippen molar-refractivity contribution in [2.24, 2.45) is 0 Å². The smallest absolute Gasteiger partial charge is 0.100 e. The summed E-state index contributed by atoms with van der Waals surface area (Å²) in [5.41, 5.74) is 1.90. The number of halogens is 1. The summed E-state index contributed by atoms with van der Waals surface area (Å²) >= 11 is 3.47. The van der Waals surface area contributed by atoms with Gasteiger partial charge in [0.2, 0.25) is 0 Å². The average molecular weight is 307 g/mol. The monoisotopic (exact) mass is 306 g/mol. The molecule has 0 aromatic heterocycles. The second kappa shape index (κ2) is 6.24. The molecule has 1 aromatic carbocycles. The van der Waals surface area contributed by atoms with Crippen molar-refractivity contribution >= 4 is 21.6 Å². The summed E-state index contributed by atoms with van der Waals surface area (Å²) < 4.78 is 0.892. The van der Waals surface area contributed by atoms with Crippen LogP contribution in [0.2, 0.25) is 0 Å². The van der Waals surface area contributed by atoms with E-state index >= 15 is 0 Å². The molecule has 0 bridgehead atoms. The van der Waals surface area contributed by atoms with Crippen LogP contribution in [0.5, 0.6) is 0 Å². The second-order valence-electron chi connectivity index (χ2n) is 5.03. The summed E-state index contributed by atoms with van der Waals surface area (Å²) in [6.45, 7) is 0. The zero-order chi connectivity index (χ0) is 13.0. The SMILES string of the molecule is CN(c1ccc(C#N)c(Br)c1)C1CCCCCC1. The van der Waals surface area contributed by atoms with Crippen molar-refractivity contribution in [2.45, 2.75) is 44.6 Å². The highest BCUT2D eigenvalue weighted by atomic mass is 79.9. The van der Waals surface area contributed by atoms with Crippen LogP contribution in [0.3, 0.4) is 0 Å². The molecule has 1 aromatic rings. The molecule has 1 aliphatic rings. The summed E-state index contributed by atoms with van der Waals surface area (Å²) in [7, 11) is 2.17. The van der Waals surface area contributed by atoms with Crippen molar-refractivity contribution in [3.05, 3.63) is 28.2 Å². The fourth-order valence-electron chi connectivity index (χ4n) is 2.67. The van der Waals surface area contributed by atoms with Gasteiger partial charge < -0.3 is 4.90 Å². The molecule has 0 N–H and O–H groups in total. The molecule has 0 spiro atoms. The third kappa shape index (κ3) is 3.05. The minimum absolute atomic E-state index is 0.646. The number of anilines is 1. The molecule has 2 rings (SSSR count). The summed E-state index contributed by atoms with van der Waals surface area (Å²) in [5.74, 6) is 0. The first-order valence-electron chi connectivity index (χ1n) is 6.65. The minimum atomic E-state index is 0.646. The van der Waals surface area contributed by atoms with E-state index in [1.807, 2.05) is 12.1 Å². The van der Waals surface area contributed by atoms with E-state index in [-0.39, 0.29) is 0 Å². The zero-order valence-electron chi connectivity index (χ0n) is 10.8. The summed E-state index contributed by atoms with van der Waals surface area (Å²) in [4.78, 5) is 2.37. The van der Waals surface area contributed by atoms with Gasteiger partial charge in [-0.25, -0.2) is 0 Å². The van der Waals surface area contributed by atoms with Crippen LogP contribution < -0.4 is 4.90 Å². The van der Waals surface area contributed by atoms with Crippen molar-refractivity contribution in [1.29, 1.82) is 5.26 Å². The van der Waals surface area contributed by atoms with Crippen LogP contribution in [0.4, 0.5) is 5.69 Å². The third-order valence-electron chi connectivity index (χ3n) is 3.85. The number of hydrogen-bond acceptors (Lipinski definition) is 2. The molecule has 1 saturated carbocycles. The molecule has 1 aliphatic carbocycles. The standard InChI is InChI=1S/C15H19BrN2/c1-18(13-6-4-2-3-5-7-13)14-9-8-12(11-17)15(16)10-14/h8-10,13H,2-7H2,1H3. The topological polar surface area (TPSA) is 27.0 Å². The Kier molecular flexibility index (Phi) is 4.66. The van der Waals surface area contributed by atoms with Gasteiger partial charge in [-0.05, 0) is 47.0 Å². The molecule has 3 heteroatoms. The molecule has 18 heavy (non-hydrogen) atoms. The fourth-order valence-corrected chi connectivity index (χ4v) is 3.13. The number of benzene rings is 1. The highest BCUT2D eigenvalue weighted by molar-refractivity contribution is 9.10. The van der Waals surface area contributed by atoms with E-state index in [0.29, 0.717) is 11.6 Å². The largest absolute Gasteiger partial charge is 0.372 e. The maximum absolute atomic E-state index is 8.94. The Morgan fingerprint density at radius 1 is 1.22 bits per heavy atom. The zero-order valence-corrected chi connectivity index (χ0v) is 12.4. The van der Waals surface area contributed by atoms with Crippen LogP contribution in [0.25, 0.3) is 0 Å². The molecular weight excluding hydrogens is 288 g/mol. The Morgan fingerprint density at radius 3 is 2.44 bits per heavy atom. The molecule has 0 heterocycles. The molecule has 0 aliphatic heterocycles. The first kappa shape index (κ1) is 13.4. The lowest BCUT2D eigenvalue weighted by Crippen LogP contribution is -2.31. The third-order valence-corrected chi connectivity index (χ3v) is 4.51. The van der Waals surface area contributed by atoms with E-state index in [9.17, 15) is 0 Å². The Bertz CT molecular complexity index is 442. The van der Waals surface area contributed by atoms with E-state index in [1.165, 1.54) is 44.2 Å². The predicted molar refractivity (Wildman–Crippen MR) is 78.8 cm³/mol. The van der Waals surface area contributed by atoms with Crippen LogP contribution in [-0.2, 0) is 0 Å². The van der Waals surface area contributed by atoms with Crippen molar-refractivity contribution < 1.29 is 0 Å². The molecule has 0 saturated heterocycles. The molecule has 0 unspecified atom stereocenters. The van der Waals surface area contributed by atoms with E-state index in [1.54, 1.807) is 0 Å². The van der Waals surface area contributed by atoms with Gasteiger partial charge >= 0.3 is 0 Å². The maximum atomic E-state index is 8.94. The van der Waals surface area contributed by atoms with E-state index in [2.05, 4.69) is 40.0 Å². The van der Waals surface area contributed by atoms with Gasteiger partial charge in [-0.15, -0.1) is 0 Å². The van der Waals surface area contributed by atoms with Gasteiger partial charge in [0.1, 0.15) is 6.07 Å². The minimum Gasteiger partial charge on any atom is -0.372 e. The van der Waals surface area contributed by atoms with Gasteiger partial charge in [0.05, 0.1) is 5.56 Å². The van der Waals surface area contributed by atoms with Gasteiger partial charge in [0.15, 0.2) is 0 Å². The van der Waals surface area contributed by atoms with Crippen LogP contribution >= 0.6 is 15.9 Å². The lowest BCUT2D eigenvalue weighted by atomic mass is 10.1. The lowest BCUT2D eigenvalue weighted by Gasteiger charge is -2.29. The van der Waals surface area contributed by atoms with Gasteiger partial charge in [-0.3, -0.25) is 0 Å². The normalized spacial score (nSPS) is 16.9. The van der Waals surface area contributed by atoms with Crippen molar-refractivity contribution in [1.82, 2.24) is 0 Å². The highest BCUT2D eigenvalue weighted by Gasteiger charge is 2.17. The Hall–Kier alpha value is -1.01. The highest BCUT2D eigenvalue weighted by Crippen LogP contribution is 2.28. The molecule has 0 radical (unpaired) electrons. The van der Waals surface area contributed by atoms with Crippen LogP contribution in [0.1, 0.15) is 44.1 Å². The van der Waals surface area contributed by atoms with Gasteiger partial charge in [-0.1, -0.05) is 25.7 Å². The molecular formula is C15H19BrN2. The Morgan fingerprint density at radius 2 is 1.89 bits per heavy atom. The summed E-state index contributed by atoms with van der Waals surface area (Å²) in [5, 5.41) is 8.94. The van der Waals surface area contributed by atoms with Crippen LogP contribution in [0.15, 0.2) is 22.7 Å².